The summed E-state index contributed by atoms with van der Waals surface area (Å²) in [4.78, 5) is 11.3. The van der Waals surface area contributed by atoms with E-state index in [0.717, 1.165) is 5.56 Å². The Morgan fingerprint density at radius 2 is 1.95 bits per heavy atom. The molecule has 0 bridgehead atoms. The lowest BCUT2D eigenvalue weighted by atomic mass is 9.85. The number of benzene rings is 1. The first-order valence-electron chi connectivity index (χ1n) is 6.78. The molecule has 104 valence electrons. The maximum absolute atomic E-state index is 14.1. The van der Waals surface area contributed by atoms with Gasteiger partial charge in [0.05, 0.1) is 0 Å². The highest BCUT2D eigenvalue weighted by atomic mass is 19.1. The van der Waals surface area contributed by atoms with Crippen molar-refractivity contribution in [2.45, 2.75) is 39.7 Å². The van der Waals surface area contributed by atoms with Gasteiger partial charge in [0.25, 0.3) is 0 Å². The van der Waals surface area contributed by atoms with Gasteiger partial charge in [0.15, 0.2) is 0 Å². The molecule has 2 atom stereocenters. The molecule has 0 aliphatic carbocycles. The van der Waals surface area contributed by atoms with Crippen molar-refractivity contribution in [3.63, 3.8) is 0 Å². The van der Waals surface area contributed by atoms with Crippen molar-refractivity contribution in [1.82, 2.24) is 0 Å². The van der Waals surface area contributed by atoms with Gasteiger partial charge in [-0.05, 0) is 36.0 Å². The Hall–Kier alpha value is -1.42. The molecule has 1 aliphatic heterocycles. The molecule has 1 aromatic carbocycles. The van der Waals surface area contributed by atoms with Crippen LogP contribution < -0.4 is 11.1 Å². The second-order valence-corrected chi connectivity index (χ2v) is 5.71. The lowest BCUT2D eigenvalue weighted by Crippen LogP contribution is -2.25. The van der Waals surface area contributed by atoms with Gasteiger partial charge in [-0.2, -0.15) is 0 Å². The number of nitrogens with two attached hydrogens (primary N) is 1. The monoisotopic (exact) mass is 264 g/mol. The number of halogens is 1. The van der Waals surface area contributed by atoms with E-state index in [9.17, 15) is 9.18 Å². The SMILES string of the molecule is CC(C)C(C)C(N)c1cc2c(cc1F)NC(=O)CC2. The fourth-order valence-corrected chi connectivity index (χ4v) is 2.37. The molecule has 0 spiro atoms. The summed E-state index contributed by atoms with van der Waals surface area (Å²) in [6.45, 7) is 6.21. The molecular weight excluding hydrogens is 243 g/mol. The fourth-order valence-electron chi connectivity index (χ4n) is 2.37. The van der Waals surface area contributed by atoms with E-state index in [2.05, 4.69) is 19.2 Å². The minimum absolute atomic E-state index is 0.0560. The predicted molar refractivity (Wildman–Crippen MR) is 74.3 cm³/mol. The van der Waals surface area contributed by atoms with Crippen LogP contribution in [0.15, 0.2) is 12.1 Å². The van der Waals surface area contributed by atoms with E-state index in [1.807, 2.05) is 13.0 Å². The Morgan fingerprint density at radius 1 is 1.26 bits per heavy atom. The number of carbonyl (C=O) groups excluding carboxylic acids is 1. The number of anilines is 1. The zero-order chi connectivity index (χ0) is 14.2. The van der Waals surface area contributed by atoms with Crippen LogP contribution in [0.4, 0.5) is 10.1 Å². The Bertz CT molecular complexity index is 499. The molecule has 0 fully saturated rings. The molecule has 0 saturated carbocycles. The van der Waals surface area contributed by atoms with Gasteiger partial charge < -0.3 is 11.1 Å². The average molecular weight is 264 g/mol. The zero-order valence-electron chi connectivity index (χ0n) is 11.7. The molecule has 0 radical (unpaired) electrons. The van der Waals surface area contributed by atoms with Crippen molar-refractivity contribution >= 4 is 11.6 Å². The standard InChI is InChI=1S/C15H21FN2O/c1-8(2)9(3)15(17)11-6-10-4-5-14(19)18-13(10)7-12(11)16/h6-9,15H,4-5,17H2,1-3H3,(H,18,19). The lowest BCUT2D eigenvalue weighted by Gasteiger charge is -2.26. The van der Waals surface area contributed by atoms with E-state index in [-0.39, 0.29) is 23.7 Å². The summed E-state index contributed by atoms with van der Waals surface area (Å²) in [7, 11) is 0. The van der Waals surface area contributed by atoms with Crippen LogP contribution in [0.1, 0.15) is 44.4 Å². The van der Waals surface area contributed by atoms with E-state index in [4.69, 9.17) is 5.73 Å². The highest BCUT2D eigenvalue weighted by Gasteiger charge is 2.24. The maximum Gasteiger partial charge on any atom is 0.224 e. The van der Waals surface area contributed by atoms with Crippen molar-refractivity contribution in [1.29, 1.82) is 0 Å². The highest BCUT2D eigenvalue weighted by Crippen LogP contribution is 2.32. The molecule has 0 saturated heterocycles. The van der Waals surface area contributed by atoms with Crippen molar-refractivity contribution in [2.24, 2.45) is 17.6 Å². The largest absolute Gasteiger partial charge is 0.326 e. The van der Waals surface area contributed by atoms with Gasteiger partial charge >= 0.3 is 0 Å². The Labute approximate surface area is 113 Å². The van der Waals surface area contributed by atoms with Crippen LogP contribution in [0, 0.1) is 17.7 Å². The van der Waals surface area contributed by atoms with Crippen molar-refractivity contribution in [3.05, 3.63) is 29.1 Å². The second kappa shape index (κ2) is 5.29. The van der Waals surface area contributed by atoms with Crippen LogP contribution in [-0.2, 0) is 11.2 Å². The molecule has 19 heavy (non-hydrogen) atoms. The highest BCUT2D eigenvalue weighted by molar-refractivity contribution is 5.93. The summed E-state index contributed by atoms with van der Waals surface area (Å²) < 4.78 is 14.1. The van der Waals surface area contributed by atoms with Crippen molar-refractivity contribution < 1.29 is 9.18 Å². The molecule has 2 unspecified atom stereocenters. The van der Waals surface area contributed by atoms with E-state index < -0.39 is 0 Å². The topological polar surface area (TPSA) is 55.1 Å². The summed E-state index contributed by atoms with van der Waals surface area (Å²) in [6.07, 6.45) is 1.10. The Kier molecular flexibility index (Phi) is 3.90. The fraction of sp³-hybridized carbons (Fsp3) is 0.533. The smallest absolute Gasteiger partial charge is 0.224 e. The number of amides is 1. The number of carbonyl (C=O) groups is 1. The molecular formula is C15H21FN2O. The van der Waals surface area contributed by atoms with Gasteiger partial charge in [-0.25, -0.2) is 4.39 Å². The third-order valence-corrected chi connectivity index (χ3v) is 4.10. The van der Waals surface area contributed by atoms with Gasteiger partial charge in [-0.1, -0.05) is 20.8 Å². The van der Waals surface area contributed by atoms with Crippen molar-refractivity contribution in [3.8, 4) is 0 Å². The van der Waals surface area contributed by atoms with Crippen LogP contribution in [0.2, 0.25) is 0 Å². The average Bonchev–Trinajstić information content (AvgIpc) is 2.36. The Morgan fingerprint density at radius 3 is 2.58 bits per heavy atom. The van der Waals surface area contributed by atoms with Gasteiger partial charge in [0.1, 0.15) is 5.82 Å². The molecule has 0 aromatic heterocycles. The number of rotatable bonds is 3. The molecule has 1 heterocycles. The summed E-state index contributed by atoms with van der Waals surface area (Å²) in [5.74, 6) is 0.205. The minimum Gasteiger partial charge on any atom is -0.326 e. The molecule has 3 N–H and O–H groups in total. The number of hydrogen-bond donors (Lipinski definition) is 2. The summed E-state index contributed by atoms with van der Waals surface area (Å²) in [5, 5.41) is 2.70. The lowest BCUT2D eigenvalue weighted by molar-refractivity contribution is -0.116. The second-order valence-electron chi connectivity index (χ2n) is 5.71. The zero-order valence-corrected chi connectivity index (χ0v) is 11.7. The van der Waals surface area contributed by atoms with Crippen LogP contribution in [0.25, 0.3) is 0 Å². The molecule has 1 amide bonds. The van der Waals surface area contributed by atoms with Crippen LogP contribution in [-0.4, -0.2) is 5.91 Å². The third kappa shape index (κ3) is 2.78. The van der Waals surface area contributed by atoms with E-state index in [1.165, 1.54) is 6.07 Å². The molecule has 2 rings (SSSR count). The van der Waals surface area contributed by atoms with Gasteiger partial charge in [-0.3, -0.25) is 4.79 Å². The first kappa shape index (κ1) is 14.0. The maximum atomic E-state index is 14.1. The van der Waals surface area contributed by atoms with Gasteiger partial charge in [-0.15, -0.1) is 0 Å². The van der Waals surface area contributed by atoms with E-state index in [1.54, 1.807) is 0 Å². The molecule has 1 aliphatic rings. The van der Waals surface area contributed by atoms with E-state index >= 15 is 0 Å². The summed E-state index contributed by atoms with van der Waals surface area (Å²) in [6, 6.07) is 2.89. The number of aryl methyl sites for hydroxylation is 1. The third-order valence-electron chi connectivity index (χ3n) is 4.10. The number of nitrogens with one attached hydrogen (secondary N) is 1. The molecule has 4 heteroatoms. The quantitative estimate of drug-likeness (QED) is 0.881. The van der Waals surface area contributed by atoms with Crippen LogP contribution in [0.3, 0.4) is 0 Å². The Balaban J connectivity index is 2.35. The summed E-state index contributed by atoms with van der Waals surface area (Å²) in [5.41, 5.74) is 8.28. The first-order chi connectivity index (χ1) is 8.90. The number of fused-ring (bicyclic) bond motifs is 1. The van der Waals surface area contributed by atoms with Crippen LogP contribution in [0.5, 0.6) is 0 Å². The normalized spacial score (nSPS) is 17.9. The van der Waals surface area contributed by atoms with Gasteiger partial charge in [0.2, 0.25) is 5.91 Å². The molecule has 3 nitrogen and oxygen atoms in total. The number of hydrogen-bond acceptors (Lipinski definition) is 2. The van der Waals surface area contributed by atoms with Crippen molar-refractivity contribution in [2.75, 3.05) is 5.32 Å². The first-order valence-corrected chi connectivity index (χ1v) is 6.78. The predicted octanol–water partition coefficient (Wildman–Crippen LogP) is 3.00. The van der Waals surface area contributed by atoms with E-state index in [0.29, 0.717) is 30.0 Å². The van der Waals surface area contributed by atoms with Crippen LogP contribution >= 0.6 is 0 Å². The van der Waals surface area contributed by atoms with Gasteiger partial charge in [0, 0.05) is 23.7 Å². The molecule has 1 aromatic rings. The summed E-state index contributed by atoms with van der Waals surface area (Å²) >= 11 is 0. The minimum atomic E-state index is -0.332.